The first-order valence-corrected chi connectivity index (χ1v) is 12.9. The van der Waals surface area contributed by atoms with E-state index in [1.54, 1.807) is 6.20 Å². The average Bonchev–Trinajstić information content (AvgIpc) is 3.49. The summed E-state index contributed by atoms with van der Waals surface area (Å²) in [6.45, 7) is 12.0. The van der Waals surface area contributed by atoms with Crippen LogP contribution in [0.4, 0.5) is 0 Å². The third kappa shape index (κ3) is 4.13. The molecule has 0 saturated carbocycles. The number of rotatable bonds is 7. The summed E-state index contributed by atoms with van der Waals surface area (Å²) in [6, 6.07) is 15.2. The van der Waals surface area contributed by atoms with Gasteiger partial charge >= 0.3 is 0 Å². The molecule has 2 aromatic carbocycles. The van der Waals surface area contributed by atoms with Crippen LogP contribution in [-0.2, 0) is 26.3 Å². The fraction of sp³-hybridized carbons (Fsp3) is 0.212. The number of carbonyl (C=O) groups excluding carboxylic acids is 2. The van der Waals surface area contributed by atoms with Gasteiger partial charge in [0.05, 0.1) is 23.8 Å². The summed E-state index contributed by atoms with van der Waals surface area (Å²) in [5.74, 6) is -1.86. The van der Waals surface area contributed by atoms with E-state index in [2.05, 4.69) is 11.6 Å². The molecule has 0 atom stereocenters. The number of allylic oxidation sites excluding steroid dienone is 5. The number of hydrogen-bond donors (Lipinski definition) is 2. The summed E-state index contributed by atoms with van der Waals surface area (Å²) in [5.41, 5.74) is 4.12. The molecular weight excluding hydrogens is 488 g/mol. The fourth-order valence-electron chi connectivity index (χ4n) is 5.24. The Bertz CT molecular complexity index is 1770. The molecule has 0 fully saturated rings. The van der Waals surface area contributed by atoms with Gasteiger partial charge < -0.3 is 19.4 Å². The molecule has 2 heterocycles. The number of aliphatic hydroxyl groups is 1. The normalized spacial score (nSPS) is 14.5. The molecule has 0 spiro atoms. The molecule has 0 aliphatic heterocycles. The van der Waals surface area contributed by atoms with E-state index in [0.29, 0.717) is 17.5 Å². The summed E-state index contributed by atoms with van der Waals surface area (Å²) >= 11 is 0. The van der Waals surface area contributed by atoms with Gasteiger partial charge in [0.2, 0.25) is 11.6 Å². The van der Waals surface area contributed by atoms with E-state index in [9.17, 15) is 14.7 Å². The van der Waals surface area contributed by atoms with Crippen LogP contribution in [0.5, 0.6) is 0 Å². The number of benzene rings is 2. The summed E-state index contributed by atoms with van der Waals surface area (Å²) in [6.07, 6.45) is 6.19. The second kappa shape index (κ2) is 9.62. The van der Waals surface area contributed by atoms with E-state index in [1.807, 2.05) is 92.9 Å². The highest BCUT2D eigenvalue weighted by molar-refractivity contribution is 6.48. The van der Waals surface area contributed by atoms with E-state index < -0.39 is 22.9 Å². The molecule has 39 heavy (non-hydrogen) atoms. The molecule has 4 aromatic rings. The highest BCUT2D eigenvalue weighted by Crippen LogP contribution is 2.42. The minimum absolute atomic E-state index is 0.0634. The summed E-state index contributed by atoms with van der Waals surface area (Å²) in [5, 5.41) is 12.9. The zero-order chi connectivity index (χ0) is 28.1. The molecule has 6 nitrogen and oxygen atoms in total. The number of Topliss-reactive ketones (excluding diaryl/α,β-unsaturated/α-hetero) is 2. The Morgan fingerprint density at radius 1 is 1.03 bits per heavy atom. The van der Waals surface area contributed by atoms with Crippen LogP contribution in [0, 0.1) is 0 Å². The number of hydrogen-bond acceptors (Lipinski definition) is 4. The summed E-state index contributed by atoms with van der Waals surface area (Å²) < 4.78 is 7.65. The number of fused-ring (bicyclic) bond motifs is 2. The number of ketones is 2. The second-order valence-corrected chi connectivity index (χ2v) is 10.6. The third-order valence-corrected chi connectivity index (χ3v) is 7.39. The summed E-state index contributed by atoms with van der Waals surface area (Å²) in [4.78, 5) is 31.5. The number of aromatic amines is 1. The van der Waals surface area contributed by atoms with Gasteiger partial charge in [-0.1, -0.05) is 54.1 Å². The van der Waals surface area contributed by atoms with Gasteiger partial charge in [-0.3, -0.25) is 9.59 Å². The van der Waals surface area contributed by atoms with Crippen LogP contribution in [0.25, 0.3) is 33.0 Å². The van der Waals surface area contributed by atoms with Gasteiger partial charge in [0, 0.05) is 51.2 Å². The number of aromatic nitrogens is 2. The van der Waals surface area contributed by atoms with Gasteiger partial charge in [0.15, 0.2) is 11.5 Å². The Hall–Kier alpha value is -4.58. The van der Waals surface area contributed by atoms with Crippen molar-refractivity contribution in [3.8, 4) is 0 Å². The third-order valence-electron chi connectivity index (χ3n) is 7.39. The van der Waals surface area contributed by atoms with Crippen LogP contribution >= 0.6 is 0 Å². The first kappa shape index (κ1) is 26.0. The maximum absolute atomic E-state index is 14.1. The number of ether oxygens (including phenoxy) is 1. The van der Waals surface area contributed by atoms with Crippen molar-refractivity contribution in [3.63, 3.8) is 0 Å². The van der Waals surface area contributed by atoms with Gasteiger partial charge in [-0.05, 0) is 39.8 Å². The number of carbonyl (C=O) groups is 2. The van der Waals surface area contributed by atoms with Gasteiger partial charge in [0.25, 0.3) is 0 Å². The van der Waals surface area contributed by atoms with Crippen LogP contribution in [-0.4, -0.2) is 33.3 Å². The van der Waals surface area contributed by atoms with Crippen molar-refractivity contribution in [2.24, 2.45) is 0 Å². The summed E-state index contributed by atoms with van der Waals surface area (Å²) in [7, 11) is 1.38. The Kier molecular flexibility index (Phi) is 6.43. The molecule has 0 amide bonds. The number of para-hydroxylation sites is 2. The molecule has 2 N–H and O–H groups in total. The van der Waals surface area contributed by atoms with Gasteiger partial charge in [-0.25, -0.2) is 0 Å². The van der Waals surface area contributed by atoms with E-state index in [-0.39, 0.29) is 16.9 Å². The lowest BCUT2D eigenvalue weighted by molar-refractivity contribution is -0.117. The van der Waals surface area contributed by atoms with Crippen molar-refractivity contribution in [2.75, 3.05) is 7.11 Å². The number of aliphatic hydroxyl groups excluding tert-OH is 1. The van der Waals surface area contributed by atoms with E-state index in [4.69, 9.17) is 4.74 Å². The standard InChI is InChI=1S/C33H32N2O4/c1-7-33(4,5)35-18-22(20-12-9-11-15-25(20)35)27-29(36)30(37)28(32(39-6)31(27)38)26-21-13-8-10-14-23(21)34-24(26)17-16-19(2)3/h7-16,18,34,36H,1,17H2,2-6H3. The van der Waals surface area contributed by atoms with Crippen molar-refractivity contribution in [1.82, 2.24) is 9.55 Å². The lowest BCUT2D eigenvalue weighted by Crippen LogP contribution is -2.24. The van der Waals surface area contributed by atoms with Gasteiger partial charge in [0.1, 0.15) is 0 Å². The van der Waals surface area contributed by atoms with Gasteiger partial charge in [-0.15, -0.1) is 6.58 Å². The van der Waals surface area contributed by atoms with Crippen molar-refractivity contribution in [2.45, 2.75) is 39.7 Å². The maximum Gasteiger partial charge on any atom is 0.232 e. The predicted octanol–water partition coefficient (Wildman–Crippen LogP) is 7.03. The largest absolute Gasteiger partial charge is 0.504 e. The predicted molar refractivity (Wildman–Crippen MR) is 156 cm³/mol. The van der Waals surface area contributed by atoms with Crippen LogP contribution in [0.3, 0.4) is 0 Å². The topological polar surface area (TPSA) is 84.3 Å². The van der Waals surface area contributed by atoms with Crippen molar-refractivity contribution < 1.29 is 19.4 Å². The minimum atomic E-state index is -0.649. The van der Waals surface area contributed by atoms with E-state index in [1.165, 1.54) is 7.11 Å². The number of nitrogens with one attached hydrogen (secondary N) is 1. The monoisotopic (exact) mass is 520 g/mol. The highest BCUT2D eigenvalue weighted by Gasteiger charge is 2.40. The number of methoxy groups -OCH3 is 1. The maximum atomic E-state index is 14.1. The molecule has 2 aromatic heterocycles. The SMILES string of the molecule is C=CC(C)(C)n1cc(C2=C(O)C(=O)C(c3c(CC=C(C)C)[nH]c4ccccc34)=C(OC)C2=O)c2ccccc21. The van der Waals surface area contributed by atoms with Crippen LogP contribution in [0.1, 0.15) is 44.5 Å². The van der Waals surface area contributed by atoms with E-state index >= 15 is 0 Å². The first-order chi connectivity index (χ1) is 18.6. The Morgan fingerprint density at radius 3 is 2.36 bits per heavy atom. The molecule has 5 rings (SSSR count). The Labute approximate surface area is 227 Å². The quantitative estimate of drug-likeness (QED) is 0.202. The van der Waals surface area contributed by atoms with Gasteiger partial charge in [-0.2, -0.15) is 0 Å². The highest BCUT2D eigenvalue weighted by atomic mass is 16.5. The second-order valence-electron chi connectivity index (χ2n) is 10.6. The van der Waals surface area contributed by atoms with Crippen molar-refractivity contribution >= 4 is 44.5 Å². The molecule has 6 heteroatoms. The Morgan fingerprint density at radius 2 is 1.69 bits per heavy atom. The molecule has 198 valence electrons. The first-order valence-electron chi connectivity index (χ1n) is 12.9. The minimum Gasteiger partial charge on any atom is -0.504 e. The van der Waals surface area contributed by atoms with Crippen molar-refractivity contribution in [1.29, 1.82) is 0 Å². The molecule has 0 radical (unpaired) electrons. The molecule has 1 aliphatic rings. The van der Waals surface area contributed by atoms with Crippen molar-refractivity contribution in [3.05, 3.63) is 107 Å². The fourth-order valence-corrected chi connectivity index (χ4v) is 5.24. The number of H-pyrrole nitrogens is 1. The Balaban J connectivity index is 1.76. The van der Waals surface area contributed by atoms with Crippen LogP contribution < -0.4 is 0 Å². The molecule has 1 aliphatic carbocycles. The lowest BCUT2D eigenvalue weighted by atomic mass is 9.84. The zero-order valence-corrected chi connectivity index (χ0v) is 22.9. The number of nitrogens with zero attached hydrogens (tertiary/aromatic N) is 1. The molecule has 0 saturated heterocycles. The van der Waals surface area contributed by atoms with E-state index in [0.717, 1.165) is 33.1 Å². The molecule has 0 unspecified atom stereocenters. The lowest BCUT2D eigenvalue weighted by Gasteiger charge is -2.24. The smallest absolute Gasteiger partial charge is 0.232 e. The average molecular weight is 521 g/mol. The molecular formula is C33H32N2O4. The zero-order valence-electron chi connectivity index (χ0n) is 22.9. The van der Waals surface area contributed by atoms with Crippen LogP contribution in [0.15, 0.2) is 90.6 Å². The molecule has 0 bridgehead atoms. The van der Waals surface area contributed by atoms with Crippen LogP contribution in [0.2, 0.25) is 0 Å².